The number of allylic oxidation sites excluding steroid dienone is 1. The zero-order valence-electron chi connectivity index (χ0n) is 19.4. The molecule has 3 heteroatoms. The van der Waals surface area contributed by atoms with Gasteiger partial charge in [-0.1, -0.05) is 32.1 Å². The molecule has 0 saturated heterocycles. The van der Waals surface area contributed by atoms with Crippen LogP contribution in [0.1, 0.15) is 69.1 Å². The molecule has 1 aromatic rings. The van der Waals surface area contributed by atoms with Crippen LogP contribution in [0.4, 0.5) is 0 Å². The number of nitriles is 1. The van der Waals surface area contributed by atoms with Gasteiger partial charge in [0.25, 0.3) is 0 Å². The lowest BCUT2D eigenvalue weighted by molar-refractivity contribution is 0.154. The second-order valence-electron chi connectivity index (χ2n) is 8.04. The van der Waals surface area contributed by atoms with Crippen LogP contribution in [0, 0.1) is 42.4 Å². The molecule has 2 saturated carbocycles. The minimum Gasteiger partial charge on any atom is -0.391 e. The summed E-state index contributed by atoms with van der Waals surface area (Å²) in [6.45, 7) is 16.5. The molecule has 2 fully saturated rings. The van der Waals surface area contributed by atoms with Crippen molar-refractivity contribution >= 4 is 0 Å². The van der Waals surface area contributed by atoms with Crippen LogP contribution in [0.15, 0.2) is 43.6 Å². The Morgan fingerprint density at radius 3 is 2.28 bits per heavy atom. The van der Waals surface area contributed by atoms with Gasteiger partial charge in [-0.05, 0) is 107 Å². The first-order valence-corrected chi connectivity index (χ1v) is 10.9. The van der Waals surface area contributed by atoms with E-state index >= 15 is 0 Å². The maximum atomic E-state index is 8.50. The molecule has 3 N–H and O–H groups in total. The van der Waals surface area contributed by atoms with Crippen molar-refractivity contribution in [2.24, 2.45) is 23.0 Å². The lowest BCUT2D eigenvalue weighted by Gasteiger charge is -2.36. The Morgan fingerprint density at radius 2 is 1.83 bits per heavy atom. The molecule has 1 spiro atoms. The minimum atomic E-state index is 0.739. The van der Waals surface area contributed by atoms with Gasteiger partial charge in [-0.25, -0.2) is 0 Å². The van der Waals surface area contributed by atoms with Crippen molar-refractivity contribution in [1.82, 2.24) is 5.32 Å². The lowest BCUT2D eigenvalue weighted by Crippen LogP contribution is -2.30. The van der Waals surface area contributed by atoms with E-state index in [9.17, 15) is 0 Å². The van der Waals surface area contributed by atoms with Crippen molar-refractivity contribution in [3.8, 4) is 6.07 Å². The summed E-state index contributed by atoms with van der Waals surface area (Å²) in [5.41, 5.74) is 8.47. The van der Waals surface area contributed by atoms with Crippen LogP contribution in [-0.2, 0) is 0 Å². The molecule has 29 heavy (non-hydrogen) atoms. The Balaban J connectivity index is 0.000000459. The molecule has 0 heterocycles. The van der Waals surface area contributed by atoms with Crippen molar-refractivity contribution in [3.63, 3.8) is 0 Å². The quantitative estimate of drug-likeness (QED) is 0.589. The number of nitrogens with two attached hydrogens (primary N) is 1. The fraction of sp³-hybridized carbons (Fsp3) is 0.577. The molecule has 0 aliphatic heterocycles. The summed E-state index contributed by atoms with van der Waals surface area (Å²) in [4.78, 5) is 0. The Kier molecular flexibility index (Phi) is 13.8. The second kappa shape index (κ2) is 14.9. The van der Waals surface area contributed by atoms with Crippen LogP contribution < -0.4 is 11.1 Å². The third-order valence-electron chi connectivity index (χ3n) is 6.11. The zero-order valence-corrected chi connectivity index (χ0v) is 19.4. The van der Waals surface area contributed by atoms with Gasteiger partial charge in [0.2, 0.25) is 0 Å². The zero-order chi connectivity index (χ0) is 22.3. The summed E-state index contributed by atoms with van der Waals surface area (Å²) < 4.78 is 0. The average Bonchev–Trinajstić information content (AvgIpc) is 3.52. The first kappa shape index (κ1) is 27.0. The normalized spacial score (nSPS) is 20.2. The Morgan fingerprint density at radius 1 is 1.21 bits per heavy atom. The van der Waals surface area contributed by atoms with E-state index < -0.39 is 0 Å². The highest BCUT2D eigenvalue weighted by molar-refractivity contribution is 5.36. The van der Waals surface area contributed by atoms with Crippen molar-refractivity contribution in [1.29, 1.82) is 5.26 Å². The van der Waals surface area contributed by atoms with Gasteiger partial charge in [0.05, 0.1) is 11.6 Å². The smallest absolute Gasteiger partial charge is 0.0991 e. The van der Waals surface area contributed by atoms with E-state index in [4.69, 9.17) is 5.26 Å². The number of nitrogens with one attached hydrogen (secondary N) is 1. The lowest BCUT2D eigenvalue weighted by atomic mass is 9.70. The standard InChI is InChI=1S/C13H23N.C9H9N.C3H6.CH5N/c1-3-12-9-11(10-14-4-2)5-6-13(12)7-8-13;1-7-3-4-9(6-10)5-8(7)2;1-3-2;1-2/h4,11-12,14H,2-3,5-10H2,1H3;3-5H,1-2H3;3H,1H2,2H3;2H2,1H3. The van der Waals surface area contributed by atoms with Gasteiger partial charge in [-0.2, -0.15) is 5.26 Å². The summed E-state index contributed by atoms with van der Waals surface area (Å²) in [6, 6.07) is 7.79. The summed E-state index contributed by atoms with van der Waals surface area (Å²) in [7, 11) is 1.50. The molecule has 2 atom stereocenters. The molecule has 2 aliphatic rings. The second-order valence-corrected chi connectivity index (χ2v) is 8.04. The molecular weight excluding hydrogens is 354 g/mol. The van der Waals surface area contributed by atoms with Crippen molar-refractivity contribution in [2.75, 3.05) is 13.6 Å². The number of nitrogens with zero attached hydrogens (tertiary/aromatic N) is 1. The Bertz CT molecular complexity index is 638. The molecule has 2 unspecified atom stereocenters. The summed E-state index contributed by atoms with van der Waals surface area (Å²) >= 11 is 0. The molecule has 3 nitrogen and oxygen atoms in total. The molecule has 1 aromatic carbocycles. The van der Waals surface area contributed by atoms with Crippen LogP contribution in [0.2, 0.25) is 0 Å². The number of hydrogen-bond donors (Lipinski definition) is 2. The van der Waals surface area contributed by atoms with E-state index in [1.165, 1.54) is 56.7 Å². The predicted octanol–water partition coefficient (Wildman–Crippen LogP) is 6.27. The van der Waals surface area contributed by atoms with Gasteiger partial charge < -0.3 is 11.1 Å². The minimum absolute atomic E-state index is 0.739. The van der Waals surface area contributed by atoms with Crippen LogP contribution in [0.3, 0.4) is 0 Å². The van der Waals surface area contributed by atoms with E-state index in [-0.39, 0.29) is 0 Å². The van der Waals surface area contributed by atoms with Crippen molar-refractivity contribution in [2.45, 2.75) is 66.2 Å². The number of hydrogen-bond acceptors (Lipinski definition) is 3. The van der Waals surface area contributed by atoms with Gasteiger partial charge in [-0.3, -0.25) is 0 Å². The van der Waals surface area contributed by atoms with E-state index in [1.807, 2.05) is 45.2 Å². The third-order valence-corrected chi connectivity index (χ3v) is 6.11. The molecule has 0 radical (unpaired) electrons. The summed E-state index contributed by atoms with van der Waals surface area (Å²) in [5.74, 6) is 1.93. The first-order chi connectivity index (χ1) is 14.0. The van der Waals surface area contributed by atoms with Crippen molar-refractivity contribution < 1.29 is 0 Å². The van der Waals surface area contributed by atoms with Crippen LogP contribution in [0.25, 0.3) is 0 Å². The molecule has 3 rings (SSSR count). The monoisotopic (exact) mass is 397 g/mol. The van der Waals surface area contributed by atoms with E-state index in [0.29, 0.717) is 0 Å². The van der Waals surface area contributed by atoms with Crippen molar-refractivity contribution in [3.05, 3.63) is 60.3 Å². The third kappa shape index (κ3) is 9.33. The molecular formula is C26H43N3. The van der Waals surface area contributed by atoms with Gasteiger partial charge in [0.1, 0.15) is 0 Å². The maximum absolute atomic E-state index is 8.50. The van der Waals surface area contributed by atoms with E-state index in [2.05, 4.69) is 37.2 Å². The average molecular weight is 398 g/mol. The predicted molar refractivity (Wildman–Crippen MR) is 128 cm³/mol. The van der Waals surface area contributed by atoms with Gasteiger partial charge >= 0.3 is 0 Å². The molecule has 0 aromatic heterocycles. The highest BCUT2D eigenvalue weighted by atomic mass is 14.8. The first-order valence-electron chi connectivity index (χ1n) is 10.9. The van der Waals surface area contributed by atoms with E-state index in [0.717, 1.165) is 29.4 Å². The fourth-order valence-electron chi connectivity index (χ4n) is 4.13. The summed E-state index contributed by atoms with van der Waals surface area (Å²) in [6.07, 6.45) is 12.4. The van der Waals surface area contributed by atoms with Gasteiger partial charge in [0, 0.05) is 6.54 Å². The molecule has 0 bridgehead atoms. The highest BCUT2D eigenvalue weighted by Gasteiger charge is 2.50. The van der Waals surface area contributed by atoms with Gasteiger partial charge in [-0.15, -0.1) is 6.58 Å². The largest absolute Gasteiger partial charge is 0.391 e. The Labute approximate surface area is 180 Å². The summed E-state index contributed by atoms with van der Waals surface area (Å²) in [5, 5.41) is 11.8. The maximum Gasteiger partial charge on any atom is 0.0991 e. The highest BCUT2D eigenvalue weighted by Crippen LogP contribution is 2.61. The molecule has 2 aliphatic carbocycles. The van der Waals surface area contributed by atoms with Crippen LogP contribution >= 0.6 is 0 Å². The number of aryl methyl sites for hydroxylation is 2. The molecule has 0 amide bonds. The van der Waals surface area contributed by atoms with E-state index in [1.54, 1.807) is 6.08 Å². The van der Waals surface area contributed by atoms with Crippen LogP contribution in [0.5, 0.6) is 0 Å². The topological polar surface area (TPSA) is 61.8 Å². The van der Waals surface area contributed by atoms with Gasteiger partial charge in [0.15, 0.2) is 0 Å². The number of benzene rings is 1. The fourth-order valence-corrected chi connectivity index (χ4v) is 4.13. The molecule has 162 valence electrons. The Hall–Kier alpha value is -2.05. The van der Waals surface area contributed by atoms with Crippen LogP contribution in [-0.4, -0.2) is 13.6 Å². The SMILES string of the molecule is C=CC.C=CNCC1CCC2(CC2)C(CC)C1.CN.Cc1ccc(C#N)cc1C. The number of rotatable bonds is 4.